The zero-order chi connectivity index (χ0) is 75.7. The lowest BCUT2D eigenvalue weighted by Gasteiger charge is -2.30. The van der Waals surface area contributed by atoms with Crippen LogP contribution in [0.2, 0.25) is 0 Å². The van der Waals surface area contributed by atoms with Crippen LogP contribution in [-0.4, -0.2) is 136 Å². The summed E-state index contributed by atoms with van der Waals surface area (Å²) in [5.74, 6) is 7.91. The second kappa shape index (κ2) is 36.8. The molecule has 596 valence electrons. The van der Waals surface area contributed by atoms with E-state index in [0.29, 0.717) is 146 Å². The molecule has 107 heavy (non-hydrogen) atoms. The van der Waals surface area contributed by atoms with E-state index in [2.05, 4.69) is 26.3 Å². The number of unbranched alkanes of at least 4 members (excludes halogenated alkanes) is 2. The first-order chi connectivity index (χ1) is 51.4. The van der Waals surface area contributed by atoms with Crippen molar-refractivity contribution < 1.29 is 90.5 Å². The van der Waals surface area contributed by atoms with Crippen LogP contribution in [0.25, 0.3) is 0 Å². The quantitative estimate of drug-likeness (QED) is 0.0271. The molecule has 22 unspecified atom stereocenters. The topological polar surface area (TPSA) is 238 Å². The van der Waals surface area contributed by atoms with Gasteiger partial charge in [-0.25, -0.2) is 24.0 Å². The third kappa shape index (κ3) is 20.3. The maximum atomic E-state index is 12.3. The van der Waals surface area contributed by atoms with E-state index in [-0.39, 0.29) is 101 Å². The largest absolute Gasteiger partial charge is 0.465 e. The highest BCUT2D eigenvalue weighted by atomic mass is 16.6. The van der Waals surface area contributed by atoms with Crippen LogP contribution in [0.4, 0.5) is 0 Å². The van der Waals surface area contributed by atoms with Crippen LogP contribution in [0.15, 0.2) is 48.6 Å². The zero-order valence-electron chi connectivity index (χ0n) is 65.6. The molecule has 11 saturated carbocycles. The highest BCUT2D eigenvalue weighted by Crippen LogP contribution is 2.58. The molecule has 15 fully saturated rings. The Morgan fingerprint density at radius 3 is 1.38 bits per heavy atom. The van der Waals surface area contributed by atoms with E-state index in [1.807, 2.05) is 6.92 Å². The molecule has 2 spiro atoms. The van der Waals surface area contributed by atoms with Crippen LogP contribution < -0.4 is 0 Å². The minimum atomic E-state index is -0.442. The third-order valence-corrected chi connectivity index (χ3v) is 28.7. The van der Waals surface area contributed by atoms with Gasteiger partial charge in [-0.05, 0) is 253 Å². The minimum absolute atomic E-state index is 0.000715. The molecular formula is C88H130O19. The Labute approximate surface area is 637 Å². The molecule has 0 N–H and O–H groups in total. The molecule has 0 aromatic rings. The van der Waals surface area contributed by atoms with Gasteiger partial charge in [-0.1, -0.05) is 96.9 Å². The van der Waals surface area contributed by atoms with E-state index < -0.39 is 6.10 Å². The molecule has 4 heterocycles. The number of cyclic esters (lactones) is 3. The van der Waals surface area contributed by atoms with Crippen LogP contribution >= 0.6 is 0 Å². The fourth-order valence-corrected chi connectivity index (χ4v) is 23.2. The second-order valence-electron chi connectivity index (χ2n) is 36.5. The van der Waals surface area contributed by atoms with E-state index in [4.69, 9.17) is 52.1 Å². The standard InChI is InChI=1S/C24H36O5.2C22H32O4.C20H30O6/c1-15(2)23(25)29-21-12-16-10-18(20(21)11-16)8-9-27-13-19-14-28-24(26)22(19)17-6-4-3-5-7-17;1-14(2)20(23)26-19-12-15-10-16(18(19)11-15)6-5-7-17-13-25-21(24)22(17)8-3-4-9-22;1-14(2)21(24)25-19-12-15-10-16(18(19)11-15)6-4-3-5-7-17-13-20(23)26-22(17)8-9-22;1-12(2)19(21)26-17-11-14-9-15(16(17)10-14)4-5-23-6-7-24-18-8-13(3)25-20(18)22/h16-22H,1,3-14H2,2H3;2*15-19H,1,3-13H2,2H3;13-18H,1,4-11H2,2-3H3. The molecule has 22 atom stereocenters. The predicted octanol–water partition coefficient (Wildman–Crippen LogP) is 15.9. The van der Waals surface area contributed by atoms with Crippen molar-refractivity contribution in [3.8, 4) is 0 Å². The second-order valence-corrected chi connectivity index (χ2v) is 36.5. The molecule has 11 aliphatic carbocycles. The van der Waals surface area contributed by atoms with Gasteiger partial charge in [-0.3, -0.25) is 14.4 Å². The number of hydrogen-bond acceptors (Lipinski definition) is 19. The number of hydrogen-bond donors (Lipinski definition) is 0. The van der Waals surface area contributed by atoms with Gasteiger partial charge in [0.2, 0.25) is 0 Å². The number of carbonyl (C=O) groups is 8. The SMILES string of the molecule is C=C(C)C(=O)OC1CC2CC(CCCC3COC(=O)C34CCCC4)C1C2.C=C(C)C(=O)OC1CC2CC(CCCCCC3CC(=O)OC34CC4)C1C2.C=C(C)C(=O)OC1CC2CC(CCOCC3COC(=O)C3C3CCCCC3)C1C2.C=C(C)C(=O)OC1CC2CC(CCOCCOC3CC(C)OC3=O)C1C2. The number of fused-ring (bicyclic) bond motifs is 8. The highest BCUT2D eigenvalue weighted by molar-refractivity contribution is 5.88. The molecule has 19 nitrogen and oxygen atoms in total. The van der Waals surface area contributed by atoms with Crippen molar-refractivity contribution in [3.05, 3.63) is 48.6 Å². The molecule has 15 rings (SSSR count). The summed E-state index contributed by atoms with van der Waals surface area (Å²) in [4.78, 5) is 94.9. The molecule has 0 aromatic carbocycles. The summed E-state index contributed by atoms with van der Waals surface area (Å²) in [6.45, 7) is 27.5. The summed E-state index contributed by atoms with van der Waals surface area (Å²) in [7, 11) is 0. The predicted molar refractivity (Wildman–Crippen MR) is 400 cm³/mol. The fourth-order valence-electron chi connectivity index (χ4n) is 23.2. The molecule has 15 aliphatic rings. The normalized spacial score (nSPS) is 36.5. The first kappa shape index (κ1) is 81.1. The smallest absolute Gasteiger partial charge is 0.335 e. The zero-order valence-corrected chi connectivity index (χ0v) is 65.6. The lowest BCUT2D eigenvalue weighted by atomic mass is 9.73. The summed E-state index contributed by atoms with van der Waals surface area (Å²) in [6.07, 6.45) is 39.2. The molecule has 8 bridgehead atoms. The van der Waals surface area contributed by atoms with Gasteiger partial charge in [0, 0.05) is 59.7 Å². The summed E-state index contributed by atoms with van der Waals surface area (Å²) >= 11 is 0. The molecule has 0 aromatic heterocycles. The van der Waals surface area contributed by atoms with E-state index in [0.717, 1.165) is 127 Å². The van der Waals surface area contributed by atoms with Crippen molar-refractivity contribution in [2.75, 3.05) is 46.2 Å². The van der Waals surface area contributed by atoms with E-state index in [1.165, 1.54) is 109 Å². The Kier molecular flexibility index (Phi) is 27.9. The monoisotopic (exact) mass is 1490 g/mol. The Hall–Kier alpha value is -5.40. The molecule has 0 amide bonds. The van der Waals surface area contributed by atoms with Gasteiger partial charge in [0.1, 0.15) is 36.1 Å². The fraction of sp³-hybridized carbons (Fsp3) is 0.818. The van der Waals surface area contributed by atoms with Gasteiger partial charge in [-0.2, -0.15) is 0 Å². The number of ether oxygens (including phenoxy) is 11. The molecular weight excluding hydrogens is 1360 g/mol. The lowest BCUT2D eigenvalue weighted by Crippen LogP contribution is -2.31. The minimum Gasteiger partial charge on any atom is -0.465 e. The number of carbonyl (C=O) groups excluding carboxylic acids is 8. The highest BCUT2D eigenvalue weighted by Gasteiger charge is 2.58. The third-order valence-electron chi connectivity index (χ3n) is 28.7. The Morgan fingerprint density at radius 1 is 0.449 bits per heavy atom. The number of rotatable bonds is 31. The van der Waals surface area contributed by atoms with Gasteiger partial charge >= 0.3 is 47.8 Å². The van der Waals surface area contributed by atoms with Crippen LogP contribution in [-0.2, 0) is 90.5 Å². The average Bonchev–Trinajstić information content (AvgIpc) is 1.61. The van der Waals surface area contributed by atoms with Gasteiger partial charge in [0.05, 0.1) is 50.8 Å². The van der Waals surface area contributed by atoms with Crippen molar-refractivity contribution in [1.29, 1.82) is 0 Å². The summed E-state index contributed by atoms with van der Waals surface area (Å²) in [5.41, 5.74) is 1.77. The number of esters is 8. The maximum Gasteiger partial charge on any atom is 0.335 e. The summed E-state index contributed by atoms with van der Waals surface area (Å²) in [6, 6.07) is 0. The van der Waals surface area contributed by atoms with E-state index >= 15 is 0 Å². The van der Waals surface area contributed by atoms with Crippen LogP contribution in [0.3, 0.4) is 0 Å². The Bertz CT molecular complexity index is 3170. The lowest BCUT2D eigenvalue weighted by molar-refractivity contribution is -0.150. The summed E-state index contributed by atoms with van der Waals surface area (Å²) in [5, 5.41) is 0. The molecule has 4 saturated heterocycles. The van der Waals surface area contributed by atoms with Gasteiger partial charge in [0.15, 0.2) is 6.10 Å². The van der Waals surface area contributed by atoms with Gasteiger partial charge in [0.25, 0.3) is 0 Å². The average molecular weight is 1490 g/mol. The van der Waals surface area contributed by atoms with Crippen molar-refractivity contribution in [2.45, 2.75) is 302 Å². The maximum absolute atomic E-state index is 12.3. The molecule has 4 aliphatic heterocycles. The molecule has 19 heteroatoms. The van der Waals surface area contributed by atoms with Crippen molar-refractivity contribution in [2.24, 2.45) is 106 Å². The molecule has 0 radical (unpaired) electrons. The van der Waals surface area contributed by atoms with Crippen molar-refractivity contribution >= 4 is 47.8 Å². The van der Waals surface area contributed by atoms with Crippen molar-refractivity contribution in [3.63, 3.8) is 0 Å². The van der Waals surface area contributed by atoms with Crippen LogP contribution in [0.1, 0.15) is 259 Å². The van der Waals surface area contributed by atoms with Crippen LogP contribution in [0.5, 0.6) is 0 Å². The summed E-state index contributed by atoms with van der Waals surface area (Å²) < 4.78 is 61.4. The van der Waals surface area contributed by atoms with E-state index in [1.54, 1.807) is 27.7 Å². The van der Waals surface area contributed by atoms with Crippen molar-refractivity contribution in [1.82, 2.24) is 0 Å². The van der Waals surface area contributed by atoms with Crippen LogP contribution in [0, 0.1) is 106 Å². The Morgan fingerprint density at radius 2 is 0.916 bits per heavy atom. The van der Waals surface area contributed by atoms with Gasteiger partial charge in [-0.15, -0.1) is 0 Å². The first-order valence-corrected chi connectivity index (χ1v) is 42.4. The first-order valence-electron chi connectivity index (χ1n) is 42.4. The van der Waals surface area contributed by atoms with Gasteiger partial charge < -0.3 is 52.1 Å². The van der Waals surface area contributed by atoms with E-state index in [9.17, 15) is 38.4 Å². The Balaban J connectivity index is 0.000000134.